The quantitative estimate of drug-likeness (QED) is 0.743. The van der Waals surface area contributed by atoms with E-state index in [2.05, 4.69) is 37.0 Å². The third-order valence-electron chi connectivity index (χ3n) is 5.64. The molecule has 0 aromatic rings. The van der Waals surface area contributed by atoms with Crippen LogP contribution in [0.25, 0.3) is 0 Å². The SMILES string of the molecule is COC[C@@H](N=C1CCC2=CC=C[C@@H](C3CCCCC3)N21)C(C)C. The first-order chi connectivity index (χ1) is 11.2. The van der Waals surface area contributed by atoms with E-state index in [0.717, 1.165) is 25.4 Å². The van der Waals surface area contributed by atoms with Crippen molar-refractivity contribution in [1.82, 2.24) is 4.90 Å². The highest BCUT2D eigenvalue weighted by Gasteiger charge is 2.36. The molecule has 2 aliphatic heterocycles. The van der Waals surface area contributed by atoms with Gasteiger partial charge in [-0.1, -0.05) is 45.3 Å². The number of rotatable bonds is 5. The van der Waals surface area contributed by atoms with Crippen molar-refractivity contribution in [3.63, 3.8) is 0 Å². The molecular weight excluding hydrogens is 284 g/mol. The van der Waals surface area contributed by atoms with Crippen molar-refractivity contribution in [3.8, 4) is 0 Å². The summed E-state index contributed by atoms with van der Waals surface area (Å²) in [5.41, 5.74) is 1.47. The van der Waals surface area contributed by atoms with Gasteiger partial charge in [-0.25, -0.2) is 0 Å². The number of nitrogens with zero attached hydrogens (tertiary/aromatic N) is 2. The number of fused-ring (bicyclic) bond motifs is 1. The maximum absolute atomic E-state index is 5.40. The van der Waals surface area contributed by atoms with E-state index in [1.165, 1.54) is 43.6 Å². The molecule has 2 fully saturated rings. The summed E-state index contributed by atoms with van der Waals surface area (Å²) in [6, 6.07) is 0.805. The third kappa shape index (κ3) is 3.71. The van der Waals surface area contributed by atoms with Crippen molar-refractivity contribution >= 4 is 5.84 Å². The molecule has 3 heteroatoms. The Morgan fingerprint density at radius 2 is 2.00 bits per heavy atom. The number of allylic oxidation sites excluding steroid dienone is 3. The molecule has 1 saturated carbocycles. The molecule has 0 spiro atoms. The molecule has 3 nitrogen and oxygen atoms in total. The second-order valence-corrected chi connectivity index (χ2v) is 7.61. The Kier molecular flexibility index (Phi) is 5.58. The van der Waals surface area contributed by atoms with E-state index in [1.54, 1.807) is 7.11 Å². The van der Waals surface area contributed by atoms with Gasteiger partial charge in [0.25, 0.3) is 0 Å². The molecule has 1 saturated heterocycles. The smallest absolute Gasteiger partial charge is 0.104 e. The van der Waals surface area contributed by atoms with E-state index in [4.69, 9.17) is 9.73 Å². The zero-order valence-corrected chi connectivity index (χ0v) is 15.0. The van der Waals surface area contributed by atoms with Crippen LogP contribution in [0, 0.1) is 11.8 Å². The summed E-state index contributed by atoms with van der Waals surface area (Å²) in [5.74, 6) is 2.61. The van der Waals surface area contributed by atoms with Crippen LogP contribution in [0.3, 0.4) is 0 Å². The normalized spacial score (nSPS) is 28.3. The largest absolute Gasteiger partial charge is 0.382 e. The third-order valence-corrected chi connectivity index (χ3v) is 5.64. The van der Waals surface area contributed by atoms with Crippen molar-refractivity contribution in [2.45, 2.75) is 70.9 Å². The molecule has 128 valence electrons. The van der Waals surface area contributed by atoms with Crippen molar-refractivity contribution in [2.24, 2.45) is 16.8 Å². The van der Waals surface area contributed by atoms with Gasteiger partial charge in [0.1, 0.15) is 5.84 Å². The summed E-state index contributed by atoms with van der Waals surface area (Å²) in [6.07, 6.45) is 16.2. The van der Waals surface area contributed by atoms with Gasteiger partial charge in [0.05, 0.1) is 18.7 Å². The van der Waals surface area contributed by atoms with Crippen LogP contribution in [0.15, 0.2) is 28.9 Å². The van der Waals surface area contributed by atoms with Crippen molar-refractivity contribution < 1.29 is 4.74 Å². The molecular formula is C20H32N2O. The lowest BCUT2D eigenvalue weighted by molar-refractivity contribution is 0.164. The molecule has 3 rings (SSSR count). The minimum atomic E-state index is 0.271. The summed E-state index contributed by atoms with van der Waals surface area (Å²) >= 11 is 0. The number of amidine groups is 1. The Balaban J connectivity index is 1.81. The Hall–Kier alpha value is -1.09. The lowest BCUT2D eigenvalue weighted by Crippen LogP contribution is -2.42. The van der Waals surface area contributed by atoms with Gasteiger partial charge >= 0.3 is 0 Å². The van der Waals surface area contributed by atoms with Crippen molar-refractivity contribution in [1.29, 1.82) is 0 Å². The van der Waals surface area contributed by atoms with E-state index in [0.29, 0.717) is 12.0 Å². The predicted molar refractivity (Wildman–Crippen MR) is 96.6 cm³/mol. The standard InChI is InChI=1S/C20H32N2O/c1-15(2)18(14-23-3)21-20-13-12-17-10-7-11-19(22(17)20)16-8-5-4-6-9-16/h7,10-11,15-16,18-19H,4-6,8-9,12-14H2,1-3H3/t18-,19+/m1/s1. The van der Waals surface area contributed by atoms with Crippen LogP contribution >= 0.6 is 0 Å². The second-order valence-electron chi connectivity index (χ2n) is 7.61. The van der Waals surface area contributed by atoms with Gasteiger partial charge in [-0.3, -0.25) is 4.99 Å². The first-order valence-electron chi connectivity index (χ1n) is 9.43. The number of aliphatic imine (C=N–C) groups is 1. The Labute approximate surface area is 141 Å². The maximum atomic E-state index is 5.40. The zero-order valence-electron chi connectivity index (χ0n) is 15.0. The Morgan fingerprint density at radius 3 is 2.70 bits per heavy atom. The fourth-order valence-corrected chi connectivity index (χ4v) is 4.25. The average Bonchev–Trinajstić information content (AvgIpc) is 2.98. The molecule has 1 aliphatic carbocycles. The van der Waals surface area contributed by atoms with Crippen LogP contribution < -0.4 is 0 Å². The second kappa shape index (κ2) is 7.65. The number of hydrogen-bond donors (Lipinski definition) is 0. The highest BCUT2D eigenvalue weighted by molar-refractivity contribution is 5.88. The first kappa shape index (κ1) is 16.8. The van der Waals surface area contributed by atoms with Crippen LogP contribution in [0.4, 0.5) is 0 Å². The molecule has 0 amide bonds. The highest BCUT2D eigenvalue weighted by Crippen LogP contribution is 2.37. The summed E-state index contributed by atoms with van der Waals surface area (Å²) < 4.78 is 5.40. The lowest BCUT2D eigenvalue weighted by Gasteiger charge is -2.38. The molecule has 3 aliphatic rings. The molecule has 2 heterocycles. The monoisotopic (exact) mass is 316 g/mol. The van der Waals surface area contributed by atoms with Gasteiger partial charge in [0.15, 0.2) is 0 Å². The number of hydrogen-bond acceptors (Lipinski definition) is 2. The molecule has 0 bridgehead atoms. The lowest BCUT2D eigenvalue weighted by atomic mass is 9.82. The average molecular weight is 316 g/mol. The topological polar surface area (TPSA) is 24.8 Å². The predicted octanol–water partition coefficient (Wildman–Crippen LogP) is 4.55. The molecule has 0 aromatic heterocycles. The summed E-state index contributed by atoms with van der Waals surface area (Å²) in [5, 5.41) is 0. The van der Waals surface area contributed by atoms with E-state index in [-0.39, 0.29) is 6.04 Å². The van der Waals surface area contributed by atoms with E-state index in [9.17, 15) is 0 Å². The van der Waals surface area contributed by atoms with Crippen molar-refractivity contribution in [3.05, 3.63) is 23.9 Å². The van der Waals surface area contributed by atoms with Gasteiger partial charge in [-0.2, -0.15) is 0 Å². The molecule has 0 N–H and O–H groups in total. The highest BCUT2D eigenvalue weighted by atomic mass is 16.5. The summed E-state index contributed by atoms with van der Waals surface area (Å²) in [4.78, 5) is 7.71. The fraction of sp³-hybridized carbons (Fsp3) is 0.750. The molecule has 0 aromatic carbocycles. The van der Waals surface area contributed by atoms with Crippen molar-refractivity contribution in [2.75, 3.05) is 13.7 Å². The number of methoxy groups -OCH3 is 1. The van der Waals surface area contributed by atoms with E-state index in [1.807, 2.05) is 0 Å². The first-order valence-corrected chi connectivity index (χ1v) is 9.43. The maximum Gasteiger partial charge on any atom is 0.104 e. The van der Waals surface area contributed by atoms with Crippen LogP contribution in [0.5, 0.6) is 0 Å². The molecule has 2 atom stereocenters. The van der Waals surface area contributed by atoms with E-state index >= 15 is 0 Å². The van der Waals surface area contributed by atoms with Gasteiger partial charge in [0.2, 0.25) is 0 Å². The van der Waals surface area contributed by atoms with Crippen LogP contribution in [-0.2, 0) is 4.74 Å². The van der Waals surface area contributed by atoms with Crippen LogP contribution in [0.1, 0.15) is 58.8 Å². The Morgan fingerprint density at radius 1 is 1.22 bits per heavy atom. The molecule has 0 unspecified atom stereocenters. The fourth-order valence-electron chi connectivity index (χ4n) is 4.25. The van der Waals surface area contributed by atoms with Gasteiger partial charge in [-0.05, 0) is 37.2 Å². The molecule has 0 radical (unpaired) electrons. The van der Waals surface area contributed by atoms with Crippen LogP contribution in [0.2, 0.25) is 0 Å². The summed E-state index contributed by atoms with van der Waals surface area (Å²) in [6.45, 7) is 5.21. The van der Waals surface area contributed by atoms with Gasteiger partial charge in [-0.15, -0.1) is 0 Å². The van der Waals surface area contributed by atoms with Gasteiger partial charge in [0, 0.05) is 19.2 Å². The van der Waals surface area contributed by atoms with E-state index < -0.39 is 0 Å². The summed E-state index contributed by atoms with van der Waals surface area (Å²) in [7, 11) is 1.78. The zero-order chi connectivity index (χ0) is 16.2. The molecule has 23 heavy (non-hydrogen) atoms. The Bertz CT molecular complexity index is 486. The minimum Gasteiger partial charge on any atom is -0.382 e. The van der Waals surface area contributed by atoms with Crippen LogP contribution in [-0.4, -0.2) is 36.5 Å². The van der Waals surface area contributed by atoms with Gasteiger partial charge < -0.3 is 9.64 Å². The number of ether oxygens (including phenoxy) is 1. The minimum absolute atomic E-state index is 0.271.